The highest BCUT2D eigenvalue weighted by Crippen LogP contribution is 2.38. The van der Waals surface area contributed by atoms with Crippen LogP contribution in [-0.4, -0.2) is 73.8 Å². The molecule has 0 spiro atoms. The molecule has 0 unspecified atom stereocenters. The normalized spacial score (nSPS) is 19.4. The van der Waals surface area contributed by atoms with Crippen LogP contribution >= 0.6 is 11.8 Å². The molecule has 5 nitrogen and oxygen atoms in total. The zero-order valence-corrected chi connectivity index (χ0v) is 14.5. The number of amides is 1. The van der Waals surface area contributed by atoms with E-state index in [-0.39, 0.29) is 22.8 Å². The number of nitrogens with zero attached hydrogens (tertiary/aromatic N) is 3. The summed E-state index contributed by atoms with van der Waals surface area (Å²) in [7, 11) is 0. The first kappa shape index (κ1) is 18.2. The third kappa shape index (κ3) is 5.18. The van der Waals surface area contributed by atoms with Crippen LogP contribution < -0.4 is 4.90 Å². The number of piperazine rings is 1. The summed E-state index contributed by atoms with van der Waals surface area (Å²) in [6, 6.07) is 6.58. The van der Waals surface area contributed by atoms with Gasteiger partial charge in [0.15, 0.2) is 0 Å². The van der Waals surface area contributed by atoms with Gasteiger partial charge in [0.1, 0.15) is 6.61 Å². The first-order valence-corrected chi connectivity index (χ1v) is 8.97. The molecule has 2 heterocycles. The summed E-state index contributed by atoms with van der Waals surface area (Å²) in [6.45, 7) is 5.68. The van der Waals surface area contributed by atoms with E-state index in [1.165, 1.54) is 6.07 Å². The lowest BCUT2D eigenvalue weighted by Crippen LogP contribution is -2.48. The van der Waals surface area contributed by atoms with Gasteiger partial charge < -0.3 is 14.5 Å². The summed E-state index contributed by atoms with van der Waals surface area (Å²) < 4.78 is 42.4. The van der Waals surface area contributed by atoms with Crippen LogP contribution in [0.25, 0.3) is 0 Å². The van der Waals surface area contributed by atoms with Crippen molar-refractivity contribution in [2.75, 3.05) is 57.3 Å². The Kier molecular flexibility index (Phi) is 5.63. The predicted octanol–water partition coefficient (Wildman–Crippen LogP) is 2.87. The first-order valence-electron chi connectivity index (χ1n) is 8.15. The molecule has 0 radical (unpaired) electrons. The number of halogens is 3. The second kappa shape index (κ2) is 7.74. The SMILES string of the molecule is O=C1OCCN1CCN1CCN(c2cccc(SC(F)(F)F)c2)CC1. The number of hydrogen-bond acceptors (Lipinski definition) is 5. The average Bonchev–Trinajstić information content (AvgIpc) is 2.97. The van der Waals surface area contributed by atoms with Gasteiger partial charge >= 0.3 is 11.6 Å². The number of benzene rings is 1. The predicted molar refractivity (Wildman–Crippen MR) is 89.9 cm³/mol. The van der Waals surface area contributed by atoms with Gasteiger partial charge in [-0.3, -0.25) is 4.90 Å². The van der Waals surface area contributed by atoms with Crippen molar-refractivity contribution in [2.24, 2.45) is 0 Å². The van der Waals surface area contributed by atoms with Gasteiger partial charge in [-0.1, -0.05) is 6.07 Å². The summed E-state index contributed by atoms with van der Waals surface area (Å²) in [5.74, 6) is 0. The van der Waals surface area contributed by atoms with Crippen molar-refractivity contribution in [1.82, 2.24) is 9.80 Å². The first-order chi connectivity index (χ1) is 11.9. The molecule has 0 aromatic heterocycles. The monoisotopic (exact) mass is 375 g/mol. The second-order valence-electron chi connectivity index (χ2n) is 5.98. The molecular formula is C16H20F3N3O2S. The molecule has 0 saturated carbocycles. The van der Waals surface area contributed by atoms with Gasteiger partial charge in [-0.25, -0.2) is 4.79 Å². The molecule has 0 atom stereocenters. The van der Waals surface area contributed by atoms with Crippen molar-refractivity contribution in [3.63, 3.8) is 0 Å². The minimum Gasteiger partial charge on any atom is -0.448 e. The average molecular weight is 375 g/mol. The Morgan fingerprint density at radius 1 is 1.08 bits per heavy atom. The van der Waals surface area contributed by atoms with E-state index in [2.05, 4.69) is 9.80 Å². The van der Waals surface area contributed by atoms with Gasteiger partial charge in [0.2, 0.25) is 0 Å². The van der Waals surface area contributed by atoms with Crippen molar-refractivity contribution < 1.29 is 22.7 Å². The maximum Gasteiger partial charge on any atom is 0.446 e. The highest BCUT2D eigenvalue weighted by molar-refractivity contribution is 8.00. The number of carbonyl (C=O) groups excluding carboxylic acids is 1. The molecule has 1 aromatic carbocycles. The molecule has 2 fully saturated rings. The van der Waals surface area contributed by atoms with Gasteiger partial charge in [-0.2, -0.15) is 13.2 Å². The third-order valence-corrected chi connectivity index (χ3v) is 5.04. The van der Waals surface area contributed by atoms with E-state index >= 15 is 0 Å². The minimum absolute atomic E-state index is 0.0845. The zero-order chi connectivity index (χ0) is 17.9. The molecule has 1 amide bonds. The highest BCUT2D eigenvalue weighted by atomic mass is 32.2. The quantitative estimate of drug-likeness (QED) is 0.740. The molecule has 2 aliphatic heterocycles. The fraction of sp³-hybridized carbons (Fsp3) is 0.562. The number of alkyl halides is 3. The molecular weight excluding hydrogens is 355 g/mol. The smallest absolute Gasteiger partial charge is 0.446 e. The Balaban J connectivity index is 1.48. The molecule has 0 aliphatic carbocycles. The minimum atomic E-state index is -4.27. The molecule has 0 bridgehead atoms. The van der Waals surface area contributed by atoms with Gasteiger partial charge in [0, 0.05) is 49.9 Å². The van der Waals surface area contributed by atoms with Crippen molar-refractivity contribution in [3.8, 4) is 0 Å². The zero-order valence-electron chi connectivity index (χ0n) is 13.7. The van der Waals surface area contributed by atoms with Gasteiger partial charge in [0.05, 0.1) is 6.54 Å². The van der Waals surface area contributed by atoms with Crippen LogP contribution in [0.15, 0.2) is 29.2 Å². The number of hydrogen-bond donors (Lipinski definition) is 0. The standard InChI is InChI=1S/C16H20F3N3O2S/c17-16(18,19)25-14-3-1-2-13(12-14)21-7-4-20(5-8-21)6-9-22-10-11-24-15(22)23/h1-3,12H,4-11H2. The molecule has 9 heteroatoms. The van der Waals surface area contributed by atoms with Crippen LogP contribution in [0.4, 0.5) is 23.7 Å². The van der Waals surface area contributed by atoms with Crippen LogP contribution in [0, 0.1) is 0 Å². The highest BCUT2D eigenvalue weighted by Gasteiger charge is 2.29. The Hall–Kier alpha value is -1.61. The number of rotatable bonds is 5. The summed E-state index contributed by atoms with van der Waals surface area (Å²) in [4.78, 5) is 17.7. The molecule has 138 valence electrons. The second-order valence-corrected chi connectivity index (χ2v) is 7.11. The third-order valence-electron chi connectivity index (χ3n) is 4.32. The van der Waals surface area contributed by atoms with Crippen LogP contribution in [0.2, 0.25) is 0 Å². The topological polar surface area (TPSA) is 36.0 Å². The number of ether oxygens (including phenoxy) is 1. The maximum absolute atomic E-state index is 12.5. The van der Waals surface area contributed by atoms with Crippen molar-refractivity contribution in [3.05, 3.63) is 24.3 Å². The van der Waals surface area contributed by atoms with E-state index < -0.39 is 5.51 Å². The summed E-state index contributed by atoms with van der Waals surface area (Å²) in [6.07, 6.45) is -0.252. The fourth-order valence-corrected chi connectivity index (χ4v) is 3.59. The van der Waals surface area contributed by atoms with Gasteiger partial charge in [-0.05, 0) is 30.0 Å². The Labute approximate surface area is 148 Å². The molecule has 25 heavy (non-hydrogen) atoms. The Morgan fingerprint density at radius 2 is 1.84 bits per heavy atom. The van der Waals surface area contributed by atoms with E-state index in [0.717, 1.165) is 38.4 Å². The van der Waals surface area contributed by atoms with Crippen LogP contribution in [0.5, 0.6) is 0 Å². The van der Waals surface area contributed by atoms with Crippen LogP contribution in [0.3, 0.4) is 0 Å². The lowest BCUT2D eigenvalue weighted by atomic mass is 10.2. The van der Waals surface area contributed by atoms with E-state index in [4.69, 9.17) is 4.74 Å². The van der Waals surface area contributed by atoms with Crippen molar-refractivity contribution in [1.29, 1.82) is 0 Å². The maximum atomic E-state index is 12.5. The Bertz CT molecular complexity index is 607. The fourth-order valence-electron chi connectivity index (χ4n) is 3.00. The van der Waals surface area contributed by atoms with Crippen LogP contribution in [-0.2, 0) is 4.74 Å². The molecule has 3 rings (SSSR count). The molecule has 2 saturated heterocycles. The molecule has 2 aliphatic rings. The largest absolute Gasteiger partial charge is 0.448 e. The summed E-state index contributed by atoms with van der Waals surface area (Å²) >= 11 is -0.0845. The van der Waals surface area contributed by atoms with Gasteiger partial charge in [-0.15, -0.1) is 0 Å². The number of cyclic esters (lactones) is 1. The number of carbonyl (C=O) groups is 1. The van der Waals surface area contributed by atoms with Gasteiger partial charge in [0.25, 0.3) is 0 Å². The lowest BCUT2D eigenvalue weighted by molar-refractivity contribution is -0.0328. The van der Waals surface area contributed by atoms with E-state index in [9.17, 15) is 18.0 Å². The van der Waals surface area contributed by atoms with E-state index in [1.807, 2.05) is 6.07 Å². The van der Waals surface area contributed by atoms with E-state index in [1.54, 1.807) is 17.0 Å². The summed E-state index contributed by atoms with van der Waals surface area (Å²) in [5.41, 5.74) is -3.45. The number of thioether (sulfide) groups is 1. The van der Waals surface area contributed by atoms with Crippen molar-refractivity contribution >= 4 is 23.5 Å². The van der Waals surface area contributed by atoms with Crippen LogP contribution in [0.1, 0.15) is 0 Å². The molecule has 1 aromatic rings. The number of anilines is 1. The summed E-state index contributed by atoms with van der Waals surface area (Å²) in [5, 5.41) is 0. The Morgan fingerprint density at radius 3 is 2.48 bits per heavy atom. The van der Waals surface area contributed by atoms with E-state index in [0.29, 0.717) is 19.7 Å². The van der Waals surface area contributed by atoms with Crippen molar-refractivity contribution in [2.45, 2.75) is 10.4 Å². The molecule has 0 N–H and O–H groups in total. The lowest BCUT2D eigenvalue weighted by Gasteiger charge is -2.36.